The van der Waals surface area contributed by atoms with Crippen molar-refractivity contribution < 1.29 is 0 Å². The van der Waals surface area contributed by atoms with Crippen LogP contribution in [-0.4, -0.2) is 0 Å². The molecule has 0 bridgehead atoms. The average Bonchev–Trinajstić information content (AvgIpc) is 3.36. The first kappa shape index (κ1) is 42.3. The minimum Gasteiger partial charge on any atom is -0.310 e. The van der Waals surface area contributed by atoms with Crippen molar-refractivity contribution in [1.82, 2.24) is 0 Å². The number of allylic oxidation sites excluding steroid dienone is 1. The SMILES string of the molecule is C=Cc1c(/C=C\C)c2ccc(N(c3ccccc3)c3ccc(-c4ccc(C)cc4)cc3)cc2c2ccccc12.Cc1ccc2c3ccccc3c3ccccc3c2c1.Cc1ccccc1. The topological polar surface area (TPSA) is 3.24 Å². The molecule has 1 heteroatoms. The monoisotopic (exact) mass is 835 g/mol. The molecule has 0 saturated heterocycles. The number of nitrogens with zero attached hydrogens (tertiary/aromatic N) is 1. The lowest BCUT2D eigenvalue weighted by molar-refractivity contribution is 1.29. The number of hydrogen-bond acceptors (Lipinski definition) is 1. The quantitative estimate of drug-likeness (QED) is 0.151. The number of anilines is 3. The minimum atomic E-state index is 1.12. The van der Waals surface area contributed by atoms with Crippen LogP contribution in [0, 0.1) is 20.8 Å². The van der Waals surface area contributed by atoms with E-state index < -0.39 is 0 Å². The summed E-state index contributed by atoms with van der Waals surface area (Å²) in [5.41, 5.74) is 12.1. The molecule has 0 saturated carbocycles. The second kappa shape index (κ2) is 19.2. The highest BCUT2D eigenvalue weighted by atomic mass is 15.1. The van der Waals surface area contributed by atoms with Gasteiger partial charge in [-0.15, -0.1) is 0 Å². The Hall–Kier alpha value is -8.00. The summed E-state index contributed by atoms with van der Waals surface area (Å²) in [5, 5.41) is 13.0. The summed E-state index contributed by atoms with van der Waals surface area (Å²) in [4.78, 5) is 2.34. The molecule has 0 N–H and O–H groups in total. The maximum Gasteiger partial charge on any atom is 0.0468 e. The molecule has 0 unspecified atom stereocenters. The molecule has 11 aromatic carbocycles. The van der Waals surface area contributed by atoms with Crippen LogP contribution < -0.4 is 4.90 Å². The van der Waals surface area contributed by atoms with E-state index in [1.54, 1.807) is 0 Å². The highest BCUT2D eigenvalue weighted by Crippen LogP contribution is 2.41. The zero-order valence-electron chi connectivity index (χ0n) is 37.7. The van der Waals surface area contributed by atoms with E-state index in [0.29, 0.717) is 0 Å². The number of rotatable bonds is 6. The molecule has 0 aromatic heterocycles. The molecular formula is C64H53N. The Morgan fingerprint density at radius 1 is 0.323 bits per heavy atom. The van der Waals surface area contributed by atoms with Crippen molar-refractivity contribution in [2.45, 2.75) is 27.7 Å². The Bertz CT molecular complexity index is 3420. The van der Waals surface area contributed by atoms with Gasteiger partial charge in [-0.2, -0.15) is 0 Å². The lowest BCUT2D eigenvalue weighted by atomic mass is 9.91. The van der Waals surface area contributed by atoms with E-state index in [2.05, 4.69) is 252 Å². The third kappa shape index (κ3) is 8.83. The predicted octanol–water partition coefficient (Wildman–Crippen LogP) is 18.6. The van der Waals surface area contributed by atoms with Crippen molar-refractivity contribution >= 4 is 83.1 Å². The predicted molar refractivity (Wildman–Crippen MR) is 286 cm³/mol. The van der Waals surface area contributed by atoms with Crippen LogP contribution in [0.1, 0.15) is 34.7 Å². The molecular weight excluding hydrogens is 783 g/mol. The Kier molecular flexibility index (Phi) is 12.5. The van der Waals surface area contributed by atoms with Gasteiger partial charge in [0.15, 0.2) is 0 Å². The van der Waals surface area contributed by atoms with E-state index in [1.807, 2.05) is 24.3 Å². The first-order valence-corrected chi connectivity index (χ1v) is 22.5. The van der Waals surface area contributed by atoms with Gasteiger partial charge in [0.2, 0.25) is 0 Å². The maximum absolute atomic E-state index is 4.15. The molecule has 0 radical (unpaired) electrons. The van der Waals surface area contributed by atoms with Crippen LogP contribution in [0.3, 0.4) is 0 Å². The Morgan fingerprint density at radius 3 is 1.25 bits per heavy atom. The summed E-state index contributed by atoms with van der Waals surface area (Å²) in [7, 11) is 0. The summed E-state index contributed by atoms with van der Waals surface area (Å²) in [6, 6.07) is 78.0. The molecule has 11 rings (SSSR count). The number of benzene rings is 11. The summed E-state index contributed by atoms with van der Waals surface area (Å²) in [5.74, 6) is 0. The lowest BCUT2D eigenvalue weighted by Gasteiger charge is -2.26. The largest absolute Gasteiger partial charge is 0.310 e. The molecule has 0 spiro atoms. The third-order valence-corrected chi connectivity index (χ3v) is 12.3. The molecule has 65 heavy (non-hydrogen) atoms. The first-order valence-electron chi connectivity index (χ1n) is 22.5. The summed E-state index contributed by atoms with van der Waals surface area (Å²) < 4.78 is 0. The van der Waals surface area contributed by atoms with E-state index in [4.69, 9.17) is 0 Å². The van der Waals surface area contributed by atoms with Crippen molar-refractivity contribution in [2.75, 3.05) is 4.90 Å². The zero-order valence-corrected chi connectivity index (χ0v) is 37.7. The highest BCUT2D eigenvalue weighted by Gasteiger charge is 2.17. The van der Waals surface area contributed by atoms with E-state index in [9.17, 15) is 0 Å². The van der Waals surface area contributed by atoms with E-state index in [0.717, 1.165) is 17.1 Å². The molecule has 0 atom stereocenters. The second-order valence-electron chi connectivity index (χ2n) is 16.7. The van der Waals surface area contributed by atoms with Crippen LogP contribution in [0.15, 0.2) is 231 Å². The van der Waals surface area contributed by atoms with Crippen LogP contribution in [0.25, 0.3) is 77.1 Å². The van der Waals surface area contributed by atoms with E-state index >= 15 is 0 Å². The van der Waals surface area contributed by atoms with Gasteiger partial charge in [-0.25, -0.2) is 0 Å². The fraction of sp³-hybridized carbons (Fsp3) is 0.0625. The minimum absolute atomic E-state index is 1.12. The van der Waals surface area contributed by atoms with E-state index in [-0.39, 0.29) is 0 Å². The zero-order chi connectivity index (χ0) is 44.7. The molecule has 0 amide bonds. The van der Waals surface area contributed by atoms with Crippen molar-refractivity contribution in [3.8, 4) is 11.1 Å². The fourth-order valence-corrected chi connectivity index (χ4v) is 9.07. The van der Waals surface area contributed by atoms with Crippen molar-refractivity contribution in [2.24, 2.45) is 0 Å². The standard InChI is InChI=1S/C38H31N.C19H14.C7H8/c1-4-11-34-33(5-2)35-14-9-10-15-36(35)38-26-32(24-25-37(34)38)39(30-12-7-6-8-13-30)31-22-20-29(21-23-31)28-18-16-27(3)17-19-28;1-13-10-11-18-16-8-3-2-6-14(16)15-7-4-5-9-17(15)19(18)12-13;1-7-5-3-2-4-6-7/h4-26H,2H2,1,3H3;2-12H,1H3;2-6H,1H3/b11-4-;;. The van der Waals surface area contributed by atoms with Gasteiger partial charge in [-0.1, -0.05) is 223 Å². The lowest BCUT2D eigenvalue weighted by Crippen LogP contribution is -2.09. The van der Waals surface area contributed by atoms with Crippen molar-refractivity contribution in [3.05, 3.63) is 259 Å². The molecule has 0 aliphatic rings. The summed E-state index contributed by atoms with van der Waals surface area (Å²) in [6.45, 7) is 12.6. The molecule has 0 aliphatic carbocycles. The molecule has 314 valence electrons. The van der Waals surface area contributed by atoms with Gasteiger partial charge in [0, 0.05) is 17.1 Å². The first-order chi connectivity index (χ1) is 31.9. The number of para-hydroxylation sites is 1. The van der Waals surface area contributed by atoms with Crippen LogP contribution in [0.5, 0.6) is 0 Å². The number of aryl methyl sites for hydroxylation is 3. The van der Waals surface area contributed by atoms with E-state index in [1.165, 1.54) is 92.8 Å². The molecule has 0 aliphatic heterocycles. The van der Waals surface area contributed by atoms with Crippen molar-refractivity contribution in [1.29, 1.82) is 0 Å². The van der Waals surface area contributed by atoms with Gasteiger partial charge >= 0.3 is 0 Å². The van der Waals surface area contributed by atoms with Gasteiger partial charge in [-0.3, -0.25) is 0 Å². The highest BCUT2D eigenvalue weighted by molar-refractivity contribution is 6.25. The smallest absolute Gasteiger partial charge is 0.0468 e. The fourth-order valence-electron chi connectivity index (χ4n) is 9.07. The summed E-state index contributed by atoms with van der Waals surface area (Å²) in [6.07, 6.45) is 6.29. The average molecular weight is 836 g/mol. The molecule has 0 fully saturated rings. The second-order valence-corrected chi connectivity index (χ2v) is 16.7. The number of fused-ring (bicyclic) bond motifs is 9. The maximum atomic E-state index is 4.15. The van der Waals surface area contributed by atoms with Gasteiger partial charge in [0.25, 0.3) is 0 Å². The Morgan fingerprint density at radius 2 is 0.708 bits per heavy atom. The van der Waals surface area contributed by atoms with Gasteiger partial charge < -0.3 is 4.90 Å². The summed E-state index contributed by atoms with van der Waals surface area (Å²) >= 11 is 0. The normalized spacial score (nSPS) is 11.1. The molecule has 11 aromatic rings. The third-order valence-electron chi connectivity index (χ3n) is 12.3. The molecule has 1 nitrogen and oxygen atoms in total. The van der Waals surface area contributed by atoms with Crippen LogP contribution in [0.4, 0.5) is 17.1 Å². The number of hydrogen-bond donors (Lipinski definition) is 0. The molecule has 0 heterocycles. The Labute approximate surface area is 383 Å². The Balaban J connectivity index is 0.000000167. The van der Waals surface area contributed by atoms with Gasteiger partial charge in [-0.05, 0) is 140 Å². The van der Waals surface area contributed by atoms with Gasteiger partial charge in [0.1, 0.15) is 0 Å². The van der Waals surface area contributed by atoms with Crippen LogP contribution in [-0.2, 0) is 0 Å². The van der Waals surface area contributed by atoms with Crippen LogP contribution >= 0.6 is 0 Å². The van der Waals surface area contributed by atoms with Crippen molar-refractivity contribution in [3.63, 3.8) is 0 Å². The van der Waals surface area contributed by atoms with Gasteiger partial charge in [0.05, 0.1) is 0 Å². The van der Waals surface area contributed by atoms with Crippen LogP contribution in [0.2, 0.25) is 0 Å².